The zero-order valence-corrected chi connectivity index (χ0v) is 15.9. The first-order chi connectivity index (χ1) is 13.0. The Bertz CT molecular complexity index is 575. The number of ether oxygens (including phenoxy) is 1. The van der Waals surface area contributed by atoms with Gasteiger partial charge in [-0.25, -0.2) is 9.59 Å². The van der Waals surface area contributed by atoms with Gasteiger partial charge < -0.3 is 14.9 Å². The van der Waals surface area contributed by atoms with Gasteiger partial charge in [-0.05, 0) is 18.4 Å². The van der Waals surface area contributed by atoms with Gasteiger partial charge in [0.2, 0.25) is 0 Å². The highest BCUT2D eigenvalue weighted by Gasteiger charge is 2.31. The van der Waals surface area contributed by atoms with E-state index < -0.39 is 11.9 Å². The van der Waals surface area contributed by atoms with E-state index in [1.807, 2.05) is 7.11 Å². The first-order valence-corrected chi connectivity index (χ1v) is 9.50. The number of carbonyl (C=O) groups is 2. The lowest BCUT2D eigenvalue weighted by atomic mass is 9.90. The minimum Gasteiger partial charge on any atom is -0.473 e. The summed E-state index contributed by atoms with van der Waals surface area (Å²) in [6.07, 6.45) is 5.72. The smallest absolute Gasteiger partial charge is 0.414 e. The van der Waals surface area contributed by atoms with Crippen LogP contribution in [0.3, 0.4) is 0 Å². The van der Waals surface area contributed by atoms with Crippen LogP contribution in [0.2, 0.25) is 0 Å². The Morgan fingerprint density at radius 3 is 2.15 bits per heavy atom. The summed E-state index contributed by atoms with van der Waals surface area (Å²) in [4.78, 5) is 23.5. The zero-order valence-electron chi connectivity index (χ0n) is 15.9. The molecule has 1 heterocycles. The van der Waals surface area contributed by atoms with Crippen molar-refractivity contribution in [2.45, 2.75) is 44.4 Å². The molecule has 2 atom stereocenters. The highest BCUT2D eigenvalue weighted by atomic mass is 16.5. The molecular formula is C20H30N2O5. The molecule has 1 aliphatic carbocycles. The third kappa shape index (κ3) is 6.93. The molecule has 0 spiro atoms. The van der Waals surface area contributed by atoms with Gasteiger partial charge in [0.05, 0.1) is 6.10 Å². The monoisotopic (exact) mass is 378 g/mol. The number of aliphatic carboxylic acids is 2. The molecule has 1 saturated carbocycles. The lowest BCUT2D eigenvalue weighted by Gasteiger charge is -2.43. The molecule has 1 aromatic carbocycles. The van der Waals surface area contributed by atoms with Gasteiger partial charge in [-0.3, -0.25) is 9.80 Å². The van der Waals surface area contributed by atoms with Crippen LogP contribution in [0, 0.1) is 0 Å². The maximum absolute atomic E-state index is 9.10. The molecule has 150 valence electrons. The highest BCUT2D eigenvalue weighted by Crippen LogP contribution is 2.26. The van der Waals surface area contributed by atoms with Gasteiger partial charge in [0, 0.05) is 45.9 Å². The predicted molar refractivity (Wildman–Crippen MR) is 102 cm³/mol. The van der Waals surface area contributed by atoms with Crippen LogP contribution in [-0.2, 0) is 20.9 Å². The largest absolute Gasteiger partial charge is 0.473 e. The molecule has 7 heteroatoms. The molecule has 2 fully saturated rings. The van der Waals surface area contributed by atoms with Crippen molar-refractivity contribution in [3.05, 3.63) is 35.9 Å². The molecule has 0 bridgehead atoms. The minimum absolute atomic E-state index is 0.458. The van der Waals surface area contributed by atoms with E-state index >= 15 is 0 Å². The summed E-state index contributed by atoms with van der Waals surface area (Å²) >= 11 is 0. The van der Waals surface area contributed by atoms with Crippen LogP contribution in [0.25, 0.3) is 0 Å². The average Bonchev–Trinajstić information content (AvgIpc) is 2.70. The number of carboxylic acids is 2. The fourth-order valence-corrected chi connectivity index (χ4v) is 3.86. The van der Waals surface area contributed by atoms with Gasteiger partial charge in [-0.2, -0.15) is 0 Å². The third-order valence-electron chi connectivity index (χ3n) is 5.28. The van der Waals surface area contributed by atoms with Gasteiger partial charge in [0.25, 0.3) is 0 Å². The number of methoxy groups -OCH3 is 1. The molecule has 1 aromatic rings. The van der Waals surface area contributed by atoms with Gasteiger partial charge in [-0.15, -0.1) is 0 Å². The van der Waals surface area contributed by atoms with E-state index in [1.165, 1.54) is 57.4 Å². The molecule has 3 rings (SSSR count). The van der Waals surface area contributed by atoms with Crippen LogP contribution in [0.5, 0.6) is 0 Å². The van der Waals surface area contributed by atoms with Crippen molar-refractivity contribution in [2.24, 2.45) is 0 Å². The second-order valence-electron chi connectivity index (χ2n) is 7.03. The number of rotatable bonds is 4. The van der Waals surface area contributed by atoms with E-state index in [2.05, 4.69) is 40.1 Å². The lowest BCUT2D eigenvalue weighted by Crippen LogP contribution is -2.54. The summed E-state index contributed by atoms with van der Waals surface area (Å²) in [5.74, 6) is -3.65. The third-order valence-corrected chi connectivity index (χ3v) is 5.28. The molecule has 0 amide bonds. The van der Waals surface area contributed by atoms with Crippen LogP contribution in [0.4, 0.5) is 0 Å². The standard InChI is InChI=1S/C18H28N2O.C2H2O4/c1-21-18-10-6-5-9-17(18)20-13-11-19(12-14-20)15-16-7-3-2-4-8-16;3-1(4)2(5)6/h2-4,7-8,17-18H,5-6,9-15H2,1H3;(H,3,4)(H,5,6). The molecule has 1 saturated heterocycles. The molecule has 7 nitrogen and oxygen atoms in total. The molecule has 1 aliphatic heterocycles. The Kier molecular flexibility index (Phi) is 8.71. The Hall–Kier alpha value is -1.96. The number of carboxylic acid groups (broad SMARTS) is 2. The fraction of sp³-hybridized carbons (Fsp3) is 0.600. The average molecular weight is 378 g/mol. The molecular weight excluding hydrogens is 348 g/mol. The van der Waals surface area contributed by atoms with Gasteiger partial charge in [0.15, 0.2) is 0 Å². The molecule has 0 aromatic heterocycles. The van der Waals surface area contributed by atoms with Crippen molar-refractivity contribution < 1.29 is 24.5 Å². The normalized spacial score (nSPS) is 23.9. The van der Waals surface area contributed by atoms with Crippen LogP contribution in [0.15, 0.2) is 30.3 Å². The van der Waals surface area contributed by atoms with E-state index in [4.69, 9.17) is 24.5 Å². The van der Waals surface area contributed by atoms with Crippen molar-refractivity contribution in [2.75, 3.05) is 33.3 Å². The van der Waals surface area contributed by atoms with Gasteiger partial charge in [-0.1, -0.05) is 43.2 Å². The summed E-state index contributed by atoms with van der Waals surface area (Å²) in [5.41, 5.74) is 1.43. The maximum atomic E-state index is 9.10. The topological polar surface area (TPSA) is 90.3 Å². The number of benzene rings is 1. The Morgan fingerprint density at radius 2 is 1.59 bits per heavy atom. The second kappa shape index (κ2) is 11.0. The van der Waals surface area contributed by atoms with Gasteiger partial charge >= 0.3 is 11.9 Å². The number of hydrogen-bond acceptors (Lipinski definition) is 5. The quantitative estimate of drug-likeness (QED) is 0.774. The SMILES string of the molecule is COC1CCCCC1N1CCN(Cc2ccccc2)CC1.O=C(O)C(=O)O. The van der Waals surface area contributed by atoms with Gasteiger partial charge in [0.1, 0.15) is 0 Å². The highest BCUT2D eigenvalue weighted by molar-refractivity contribution is 6.27. The Balaban J connectivity index is 0.000000380. The molecule has 2 aliphatic rings. The molecule has 2 unspecified atom stereocenters. The maximum Gasteiger partial charge on any atom is 0.414 e. The van der Waals surface area contributed by atoms with Crippen LogP contribution >= 0.6 is 0 Å². The van der Waals surface area contributed by atoms with Crippen LogP contribution in [-0.4, -0.2) is 77.4 Å². The van der Waals surface area contributed by atoms with E-state index in [1.54, 1.807) is 0 Å². The Morgan fingerprint density at radius 1 is 1.00 bits per heavy atom. The molecule has 2 N–H and O–H groups in total. The minimum atomic E-state index is -1.82. The van der Waals surface area contributed by atoms with E-state index in [0.29, 0.717) is 12.1 Å². The first kappa shape index (κ1) is 21.3. The fourth-order valence-electron chi connectivity index (χ4n) is 3.86. The lowest BCUT2D eigenvalue weighted by molar-refractivity contribution is -0.159. The molecule has 0 radical (unpaired) electrons. The summed E-state index contributed by atoms with van der Waals surface area (Å²) in [6.45, 7) is 5.84. The number of hydrogen-bond donors (Lipinski definition) is 2. The van der Waals surface area contributed by atoms with E-state index in [0.717, 1.165) is 6.54 Å². The van der Waals surface area contributed by atoms with Crippen molar-refractivity contribution in [1.82, 2.24) is 9.80 Å². The van der Waals surface area contributed by atoms with Crippen LogP contribution in [0.1, 0.15) is 31.2 Å². The summed E-state index contributed by atoms with van der Waals surface area (Å²) < 4.78 is 5.72. The zero-order chi connectivity index (χ0) is 19.6. The van der Waals surface area contributed by atoms with Crippen LogP contribution < -0.4 is 0 Å². The first-order valence-electron chi connectivity index (χ1n) is 9.50. The predicted octanol–water partition coefficient (Wildman–Crippen LogP) is 1.92. The summed E-state index contributed by atoms with van der Waals surface area (Å²) in [5, 5.41) is 14.8. The number of nitrogens with zero attached hydrogens (tertiary/aromatic N) is 2. The second-order valence-corrected chi connectivity index (χ2v) is 7.03. The van der Waals surface area contributed by atoms with E-state index in [9.17, 15) is 0 Å². The van der Waals surface area contributed by atoms with Crippen molar-refractivity contribution in [1.29, 1.82) is 0 Å². The molecule has 27 heavy (non-hydrogen) atoms. The Labute approximate surface area is 160 Å². The van der Waals surface area contributed by atoms with E-state index in [-0.39, 0.29) is 0 Å². The number of piperazine rings is 1. The van der Waals surface area contributed by atoms with Crippen molar-refractivity contribution in [3.63, 3.8) is 0 Å². The van der Waals surface area contributed by atoms with Crippen molar-refractivity contribution >= 4 is 11.9 Å². The summed E-state index contributed by atoms with van der Waals surface area (Å²) in [6, 6.07) is 11.5. The summed E-state index contributed by atoms with van der Waals surface area (Å²) in [7, 11) is 1.88. The van der Waals surface area contributed by atoms with Crippen molar-refractivity contribution in [3.8, 4) is 0 Å².